The molecule has 3 nitrogen and oxygen atoms in total. The second-order valence-corrected chi connectivity index (χ2v) is 6.72. The topological polar surface area (TPSA) is 55.1 Å². The summed E-state index contributed by atoms with van der Waals surface area (Å²) < 4.78 is 0. The van der Waals surface area contributed by atoms with Gasteiger partial charge in [0.05, 0.1) is 0 Å². The fraction of sp³-hybridized carbons (Fsp3) is 0.923. The number of carbonyl (C=O) groups excluding carboxylic acids is 1. The highest BCUT2D eigenvalue weighted by molar-refractivity contribution is 5.85. The summed E-state index contributed by atoms with van der Waals surface area (Å²) >= 11 is 0. The predicted octanol–water partition coefficient (Wildman–Crippen LogP) is 2.48. The van der Waals surface area contributed by atoms with Crippen LogP contribution >= 0.6 is 12.4 Å². The predicted molar refractivity (Wildman–Crippen MR) is 74.3 cm³/mol. The van der Waals surface area contributed by atoms with Gasteiger partial charge in [-0.3, -0.25) is 4.79 Å². The Morgan fingerprint density at radius 3 is 2.12 bits per heavy atom. The maximum atomic E-state index is 11.5. The SMILES string of the molecule is CC1(C)CC(NC(=O)CCN)CC(C)(C)C1.Cl. The van der Waals surface area contributed by atoms with Crippen LogP contribution in [0.2, 0.25) is 0 Å². The van der Waals surface area contributed by atoms with E-state index in [2.05, 4.69) is 33.0 Å². The number of rotatable bonds is 3. The van der Waals surface area contributed by atoms with Gasteiger partial charge in [0.2, 0.25) is 5.91 Å². The van der Waals surface area contributed by atoms with Crippen molar-refractivity contribution in [3.63, 3.8) is 0 Å². The summed E-state index contributed by atoms with van der Waals surface area (Å²) in [6.07, 6.45) is 3.82. The molecule has 0 aliphatic heterocycles. The van der Waals surface area contributed by atoms with Crippen LogP contribution in [0.4, 0.5) is 0 Å². The largest absolute Gasteiger partial charge is 0.353 e. The molecule has 102 valence electrons. The monoisotopic (exact) mass is 262 g/mol. The molecule has 0 atom stereocenters. The third-order valence-corrected chi connectivity index (χ3v) is 3.29. The van der Waals surface area contributed by atoms with Gasteiger partial charge in [0, 0.05) is 19.0 Å². The molecule has 4 heteroatoms. The summed E-state index contributed by atoms with van der Waals surface area (Å²) in [6, 6.07) is 0.317. The molecule has 0 aromatic rings. The van der Waals surface area contributed by atoms with Gasteiger partial charge in [-0.2, -0.15) is 0 Å². The van der Waals surface area contributed by atoms with Crippen molar-refractivity contribution in [2.24, 2.45) is 16.6 Å². The molecular formula is C13H27ClN2O. The first-order valence-electron chi connectivity index (χ1n) is 6.24. The number of hydrogen-bond acceptors (Lipinski definition) is 2. The zero-order valence-electron chi connectivity index (χ0n) is 11.5. The van der Waals surface area contributed by atoms with Gasteiger partial charge in [-0.1, -0.05) is 27.7 Å². The molecule has 0 spiro atoms. The van der Waals surface area contributed by atoms with E-state index in [9.17, 15) is 4.79 Å². The number of amides is 1. The van der Waals surface area contributed by atoms with Crippen LogP contribution in [0, 0.1) is 10.8 Å². The van der Waals surface area contributed by atoms with Crippen molar-refractivity contribution in [1.82, 2.24) is 5.32 Å². The van der Waals surface area contributed by atoms with E-state index in [1.54, 1.807) is 0 Å². The zero-order valence-corrected chi connectivity index (χ0v) is 12.3. The molecule has 17 heavy (non-hydrogen) atoms. The molecule has 1 amide bonds. The summed E-state index contributed by atoms with van der Waals surface area (Å²) in [6.45, 7) is 9.59. The molecule has 0 bridgehead atoms. The minimum atomic E-state index is 0. The van der Waals surface area contributed by atoms with Crippen molar-refractivity contribution in [3.05, 3.63) is 0 Å². The minimum Gasteiger partial charge on any atom is -0.353 e. The van der Waals surface area contributed by atoms with Gasteiger partial charge in [0.15, 0.2) is 0 Å². The van der Waals surface area contributed by atoms with Gasteiger partial charge < -0.3 is 11.1 Å². The summed E-state index contributed by atoms with van der Waals surface area (Å²) in [5.41, 5.74) is 6.02. The Morgan fingerprint density at radius 1 is 1.24 bits per heavy atom. The molecular weight excluding hydrogens is 236 g/mol. The Kier molecular flexibility index (Phi) is 5.95. The van der Waals surface area contributed by atoms with Crippen LogP contribution in [-0.4, -0.2) is 18.5 Å². The van der Waals surface area contributed by atoms with Crippen molar-refractivity contribution in [2.75, 3.05) is 6.54 Å². The molecule has 1 aliphatic carbocycles. The lowest BCUT2D eigenvalue weighted by Crippen LogP contribution is -2.46. The number of carbonyl (C=O) groups is 1. The van der Waals surface area contributed by atoms with Crippen LogP contribution in [-0.2, 0) is 4.79 Å². The zero-order chi connectivity index (χ0) is 12.4. The highest BCUT2D eigenvalue weighted by Gasteiger charge is 2.38. The molecule has 0 saturated heterocycles. The number of nitrogens with two attached hydrogens (primary N) is 1. The van der Waals surface area contributed by atoms with Crippen LogP contribution in [0.25, 0.3) is 0 Å². The van der Waals surface area contributed by atoms with Gasteiger partial charge in [0.1, 0.15) is 0 Å². The lowest BCUT2D eigenvalue weighted by atomic mass is 9.63. The third-order valence-electron chi connectivity index (χ3n) is 3.29. The van der Waals surface area contributed by atoms with Crippen molar-refractivity contribution >= 4 is 18.3 Å². The molecule has 0 unspecified atom stereocenters. The second-order valence-electron chi connectivity index (χ2n) is 6.72. The van der Waals surface area contributed by atoms with Gasteiger partial charge in [-0.15, -0.1) is 12.4 Å². The van der Waals surface area contributed by atoms with E-state index in [4.69, 9.17) is 5.73 Å². The Labute approximate surface area is 111 Å². The maximum Gasteiger partial charge on any atom is 0.221 e. The quantitative estimate of drug-likeness (QED) is 0.821. The van der Waals surface area contributed by atoms with E-state index >= 15 is 0 Å². The molecule has 1 rings (SSSR count). The average Bonchev–Trinajstić information content (AvgIpc) is 1.96. The molecule has 1 aliphatic rings. The van der Waals surface area contributed by atoms with Crippen LogP contribution < -0.4 is 11.1 Å². The van der Waals surface area contributed by atoms with E-state index in [0.29, 0.717) is 29.8 Å². The van der Waals surface area contributed by atoms with E-state index in [-0.39, 0.29) is 18.3 Å². The van der Waals surface area contributed by atoms with Crippen LogP contribution in [0.15, 0.2) is 0 Å². The van der Waals surface area contributed by atoms with E-state index in [1.165, 1.54) is 6.42 Å². The average molecular weight is 263 g/mol. The van der Waals surface area contributed by atoms with Crippen molar-refractivity contribution in [2.45, 2.75) is 59.4 Å². The van der Waals surface area contributed by atoms with E-state index in [1.807, 2.05) is 0 Å². The number of halogens is 1. The fourth-order valence-corrected chi connectivity index (χ4v) is 3.38. The smallest absolute Gasteiger partial charge is 0.221 e. The second kappa shape index (κ2) is 6.05. The minimum absolute atomic E-state index is 0. The summed E-state index contributed by atoms with van der Waals surface area (Å²) in [4.78, 5) is 11.5. The summed E-state index contributed by atoms with van der Waals surface area (Å²) in [5, 5.41) is 3.11. The van der Waals surface area contributed by atoms with Crippen molar-refractivity contribution in [3.8, 4) is 0 Å². The summed E-state index contributed by atoms with van der Waals surface area (Å²) in [5.74, 6) is 0.0981. The molecule has 1 fully saturated rings. The molecule has 0 aromatic carbocycles. The molecule has 0 aromatic heterocycles. The highest BCUT2D eigenvalue weighted by atomic mass is 35.5. The molecule has 0 radical (unpaired) electrons. The molecule has 1 saturated carbocycles. The van der Waals surface area contributed by atoms with E-state index in [0.717, 1.165) is 12.8 Å². The molecule has 0 heterocycles. The van der Waals surface area contributed by atoms with Crippen LogP contribution in [0.1, 0.15) is 53.4 Å². The third kappa shape index (κ3) is 5.73. The first-order chi connectivity index (χ1) is 7.24. The Morgan fingerprint density at radius 2 is 1.71 bits per heavy atom. The highest BCUT2D eigenvalue weighted by Crippen LogP contribution is 2.45. The van der Waals surface area contributed by atoms with Gasteiger partial charge in [-0.25, -0.2) is 0 Å². The van der Waals surface area contributed by atoms with Gasteiger partial charge in [0.25, 0.3) is 0 Å². The van der Waals surface area contributed by atoms with Crippen LogP contribution in [0.3, 0.4) is 0 Å². The first kappa shape index (κ1) is 16.7. The van der Waals surface area contributed by atoms with Crippen LogP contribution in [0.5, 0.6) is 0 Å². The Hall–Kier alpha value is -0.280. The van der Waals surface area contributed by atoms with Gasteiger partial charge >= 0.3 is 0 Å². The maximum absolute atomic E-state index is 11.5. The fourth-order valence-electron chi connectivity index (χ4n) is 3.38. The summed E-state index contributed by atoms with van der Waals surface area (Å²) in [7, 11) is 0. The lowest BCUT2D eigenvalue weighted by Gasteiger charge is -2.45. The van der Waals surface area contributed by atoms with E-state index < -0.39 is 0 Å². The van der Waals surface area contributed by atoms with Crippen molar-refractivity contribution in [1.29, 1.82) is 0 Å². The molecule has 3 N–H and O–H groups in total. The first-order valence-corrected chi connectivity index (χ1v) is 6.24. The number of nitrogens with one attached hydrogen (secondary N) is 1. The van der Waals surface area contributed by atoms with Gasteiger partial charge in [-0.05, 0) is 30.1 Å². The number of hydrogen-bond donors (Lipinski definition) is 2. The standard InChI is InChI=1S/C13H26N2O.ClH/c1-12(2)7-10(8-13(3,4)9-12)15-11(16)5-6-14;/h10H,5-9,14H2,1-4H3,(H,15,16);1H. The lowest BCUT2D eigenvalue weighted by molar-refractivity contribution is -0.122. The van der Waals surface area contributed by atoms with Crippen molar-refractivity contribution < 1.29 is 4.79 Å². The Bertz CT molecular complexity index is 248. The Balaban J connectivity index is 0.00000256. The normalized spacial score (nSPS) is 22.6.